The molecular formula is C11H8FNO2. The van der Waals surface area contributed by atoms with Crippen molar-refractivity contribution in [2.24, 2.45) is 0 Å². The second-order valence-electron chi connectivity index (χ2n) is 2.72. The summed E-state index contributed by atoms with van der Waals surface area (Å²) in [5.41, 5.74) is 0.975. The number of benzene rings is 1. The first-order valence-electron chi connectivity index (χ1n) is 4.13. The summed E-state index contributed by atoms with van der Waals surface area (Å²) in [6, 6.07) is 8.10. The molecule has 0 heterocycles. The standard InChI is InChI=1S/C11H8FNO2/c1-15-11(14)10(12)6-8-2-4-9(7-13)5-3-8/h2-6H,1H3/b10-6-. The van der Waals surface area contributed by atoms with E-state index < -0.39 is 11.8 Å². The third-order valence-corrected chi connectivity index (χ3v) is 1.71. The van der Waals surface area contributed by atoms with Gasteiger partial charge >= 0.3 is 5.97 Å². The Bertz CT molecular complexity index is 429. The molecule has 0 saturated carbocycles. The Morgan fingerprint density at radius 3 is 2.53 bits per heavy atom. The Labute approximate surface area is 86.4 Å². The highest BCUT2D eigenvalue weighted by atomic mass is 19.1. The predicted octanol–water partition coefficient (Wildman–Crippen LogP) is 2.04. The molecule has 0 aromatic heterocycles. The second kappa shape index (κ2) is 4.91. The highest BCUT2D eigenvalue weighted by molar-refractivity contribution is 5.91. The fraction of sp³-hybridized carbons (Fsp3) is 0.0909. The highest BCUT2D eigenvalue weighted by Crippen LogP contribution is 2.10. The molecule has 0 N–H and O–H groups in total. The van der Waals surface area contributed by atoms with Gasteiger partial charge in [0.05, 0.1) is 18.7 Å². The van der Waals surface area contributed by atoms with Crippen molar-refractivity contribution in [3.8, 4) is 6.07 Å². The maximum absolute atomic E-state index is 13.0. The zero-order chi connectivity index (χ0) is 11.3. The lowest BCUT2D eigenvalue weighted by Crippen LogP contribution is -1.99. The monoisotopic (exact) mass is 205 g/mol. The molecule has 0 bridgehead atoms. The molecule has 4 heteroatoms. The van der Waals surface area contributed by atoms with E-state index in [9.17, 15) is 9.18 Å². The van der Waals surface area contributed by atoms with Gasteiger partial charge in [-0.15, -0.1) is 0 Å². The lowest BCUT2D eigenvalue weighted by atomic mass is 10.1. The lowest BCUT2D eigenvalue weighted by Gasteiger charge is -1.96. The number of hydrogen-bond acceptors (Lipinski definition) is 3. The fourth-order valence-corrected chi connectivity index (χ4v) is 0.957. The molecule has 3 nitrogen and oxygen atoms in total. The zero-order valence-corrected chi connectivity index (χ0v) is 8.03. The van der Waals surface area contributed by atoms with Crippen LogP contribution in [0.2, 0.25) is 0 Å². The van der Waals surface area contributed by atoms with E-state index in [1.165, 1.54) is 12.1 Å². The van der Waals surface area contributed by atoms with Gasteiger partial charge in [0.2, 0.25) is 5.83 Å². The minimum atomic E-state index is -1.01. The van der Waals surface area contributed by atoms with Gasteiger partial charge in [0, 0.05) is 0 Å². The molecule has 15 heavy (non-hydrogen) atoms. The largest absolute Gasteiger partial charge is 0.464 e. The summed E-state index contributed by atoms with van der Waals surface area (Å²) in [5, 5.41) is 8.52. The number of rotatable bonds is 2. The predicted molar refractivity (Wildman–Crippen MR) is 52.3 cm³/mol. The van der Waals surface area contributed by atoms with Crippen LogP contribution in [-0.4, -0.2) is 13.1 Å². The van der Waals surface area contributed by atoms with Crippen LogP contribution in [0.5, 0.6) is 0 Å². The van der Waals surface area contributed by atoms with Crippen LogP contribution in [-0.2, 0) is 9.53 Å². The smallest absolute Gasteiger partial charge is 0.366 e. The number of methoxy groups -OCH3 is 1. The maximum Gasteiger partial charge on any atom is 0.366 e. The molecule has 0 aliphatic carbocycles. The van der Waals surface area contributed by atoms with E-state index in [4.69, 9.17) is 5.26 Å². The van der Waals surface area contributed by atoms with Gasteiger partial charge in [-0.2, -0.15) is 9.65 Å². The number of halogens is 1. The average Bonchev–Trinajstić information content (AvgIpc) is 2.29. The van der Waals surface area contributed by atoms with Crippen molar-refractivity contribution in [3.05, 3.63) is 41.2 Å². The summed E-state index contributed by atoms with van der Waals surface area (Å²) < 4.78 is 17.2. The van der Waals surface area contributed by atoms with E-state index >= 15 is 0 Å². The maximum atomic E-state index is 13.0. The molecule has 0 spiro atoms. The number of ether oxygens (including phenoxy) is 1. The molecule has 0 amide bonds. The molecule has 0 aliphatic heterocycles. The van der Waals surface area contributed by atoms with Crippen molar-refractivity contribution in [2.75, 3.05) is 7.11 Å². The summed E-state index contributed by atoms with van der Waals surface area (Å²) >= 11 is 0. The molecule has 0 radical (unpaired) electrons. The van der Waals surface area contributed by atoms with Crippen LogP contribution in [0.1, 0.15) is 11.1 Å². The average molecular weight is 205 g/mol. The normalized spacial score (nSPS) is 10.6. The van der Waals surface area contributed by atoms with Crippen LogP contribution in [0.15, 0.2) is 30.1 Å². The van der Waals surface area contributed by atoms with Crippen LogP contribution in [0.3, 0.4) is 0 Å². The molecule has 0 fully saturated rings. The Kier molecular flexibility index (Phi) is 3.58. The van der Waals surface area contributed by atoms with Gasteiger partial charge in [-0.1, -0.05) is 12.1 Å². The van der Waals surface area contributed by atoms with Crippen LogP contribution in [0, 0.1) is 11.3 Å². The Balaban J connectivity index is 2.90. The molecule has 1 aromatic rings. The Morgan fingerprint density at radius 2 is 2.07 bits per heavy atom. The first kappa shape index (κ1) is 10.9. The number of hydrogen-bond donors (Lipinski definition) is 0. The van der Waals surface area contributed by atoms with Gasteiger partial charge in [-0.05, 0) is 23.8 Å². The first-order valence-corrected chi connectivity index (χ1v) is 4.13. The first-order chi connectivity index (χ1) is 7.17. The number of carbonyl (C=O) groups excluding carboxylic acids is 1. The summed E-state index contributed by atoms with van der Waals surface area (Å²) in [6.45, 7) is 0. The van der Waals surface area contributed by atoms with E-state index in [1.54, 1.807) is 12.1 Å². The van der Waals surface area contributed by atoms with Gasteiger partial charge in [0.1, 0.15) is 0 Å². The molecule has 0 saturated heterocycles. The van der Waals surface area contributed by atoms with Gasteiger partial charge in [0.15, 0.2) is 0 Å². The zero-order valence-electron chi connectivity index (χ0n) is 8.03. The van der Waals surface area contributed by atoms with Crippen molar-refractivity contribution in [2.45, 2.75) is 0 Å². The summed E-state index contributed by atoms with van der Waals surface area (Å²) in [4.78, 5) is 10.7. The lowest BCUT2D eigenvalue weighted by molar-refractivity contribution is -0.137. The molecule has 0 unspecified atom stereocenters. The third kappa shape index (κ3) is 2.92. The topological polar surface area (TPSA) is 50.1 Å². The van der Waals surface area contributed by atoms with E-state index in [0.717, 1.165) is 13.2 Å². The summed E-state index contributed by atoms with van der Waals surface area (Å²) in [5.74, 6) is -1.98. The van der Waals surface area contributed by atoms with Gasteiger partial charge in [-0.25, -0.2) is 4.79 Å². The molecular weight excluding hydrogens is 197 g/mol. The van der Waals surface area contributed by atoms with E-state index in [0.29, 0.717) is 11.1 Å². The van der Waals surface area contributed by atoms with E-state index in [1.807, 2.05) is 6.07 Å². The minimum absolute atomic E-state index is 0.477. The quantitative estimate of drug-likeness (QED) is 0.548. The van der Waals surface area contributed by atoms with Crippen LogP contribution >= 0.6 is 0 Å². The van der Waals surface area contributed by atoms with Gasteiger partial charge < -0.3 is 4.74 Å². The molecule has 0 aliphatic rings. The van der Waals surface area contributed by atoms with Gasteiger partial charge in [0.25, 0.3) is 0 Å². The molecule has 1 rings (SSSR count). The molecule has 0 atom stereocenters. The second-order valence-corrected chi connectivity index (χ2v) is 2.72. The van der Waals surface area contributed by atoms with Crippen molar-refractivity contribution >= 4 is 12.0 Å². The Morgan fingerprint density at radius 1 is 1.47 bits per heavy atom. The SMILES string of the molecule is COC(=O)/C(F)=C/c1ccc(C#N)cc1. The summed E-state index contributed by atoms with van der Waals surface area (Å²) in [7, 11) is 1.11. The van der Waals surface area contributed by atoms with E-state index in [2.05, 4.69) is 4.74 Å². The van der Waals surface area contributed by atoms with Crippen LogP contribution in [0.4, 0.5) is 4.39 Å². The van der Waals surface area contributed by atoms with E-state index in [-0.39, 0.29) is 0 Å². The van der Waals surface area contributed by atoms with Gasteiger partial charge in [-0.3, -0.25) is 0 Å². The third-order valence-electron chi connectivity index (χ3n) is 1.71. The van der Waals surface area contributed by atoms with Crippen molar-refractivity contribution in [3.63, 3.8) is 0 Å². The Hall–Kier alpha value is -2.15. The number of nitrogens with zero attached hydrogens (tertiary/aromatic N) is 1. The van der Waals surface area contributed by atoms with Crippen LogP contribution < -0.4 is 0 Å². The minimum Gasteiger partial charge on any atom is -0.464 e. The fourth-order valence-electron chi connectivity index (χ4n) is 0.957. The molecule has 1 aromatic carbocycles. The van der Waals surface area contributed by atoms with Crippen LogP contribution in [0.25, 0.3) is 6.08 Å². The number of esters is 1. The van der Waals surface area contributed by atoms with Crippen molar-refractivity contribution < 1.29 is 13.9 Å². The highest BCUT2D eigenvalue weighted by Gasteiger charge is 2.07. The van der Waals surface area contributed by atoms with Crippen molar-refractivity contribution in [1.82, 2.24) is 0 Å². The number of nitriles is 1. The number of carbonyl (C=O) groups is 1. The summed E-state index contributed by atoms with van der Waals surface area (Å²) in [6.07, 6.45) is 1.05. The molecule has 76 valence electrons. The van der Waals surface area contributed by atoms with Crippen molar-refractivity contribution in [1.29, 1.82) is 5.26 Å².